The third kappa shape index (κ3) is 3.87. The molecule has 4 nitrogen and oxygen atoms in total. The molecule has 2 rings (SSSR count). The molecule has 2 amide bonds. The van der Waals surface area contributed by atoms with Crippen LogP contribution in [0.2, 0.25) is 0 Å². The number of nitrogens with zero attached hydrogens (tertiary/aromatic N) is 1. The summed E-state index contributed by atoms with van der Waals surface area (Å²) in [7, 11) is 0. The largest absolute Gasteiger partial charge is 0.377 e. The Balaban J connectivity index is 1.80. The fraction of sp³-hybridized carbons (Fsp3) is 0.923. The highest BCUT2D eigenvalue weighted by molar-refractivity contribution is 5.74. The Bertz CT molecular complexity index is 252. The van der Waals surface area contributed by atoms with Crippen LogP contribution in [0.1, 0.15) is 45.4 Å². The van der Waals surface area contributed by atoms with Crippen molar-refractivity contribution in [2.75, 3.05) is 19.7 Å². The standard InChI is InChI=1S/C13H24N2O2/c1-11-10-15(8-5-9-17-11)13(16)14-12-6-3-2-4-7-12/h11-12H,2-10H2,1H3,(H,14,16). The van der Waals surface area contributed by atoms with Gasteiger partial charge in [0.15, 0.2) is 0 Å². The highest BCUT2D eigenvalue weighted by atomic mass is 16.5. The zero-order valence-corrected chi connectivity index (χ0v) is 10.8. The van der Waals surface area contributed by atoms with E-state index in [2.05, 4.69) is 5.32 Å². The molecule has 1 unspecified atom stereocenters. The molecule has 1 aliphatic carbocycles. The molecule has 2 aliphatic rings. The summed E-state index contributed by atoms with van der Waals surface area (Å²) in [6.45, 7) is 4.35. The number of rotatable bonds is 1. The summed E-state index contributed by atoms with van der Waals surface area (Å²) in [4.78, 5) is 14.0. The van der Waals surface area contributed by atoms with Gasteiger partial charge in [-0.25, -0.2) is 4.79 Å². The Kier molecular flexibility index (Phi) is 4.66. The molecule has 98 valence electrons. The van der Waals surface area contributed by atoms with Gasteiger partial charge >= 0.3 is 6.03 Å². The van der Waals surface area contributed by atoms with E-state index in [1.165, 1.54) is 19.3 Å². The van der Waals surface area contributed by atoms with Gasteiger partial charge in [0.25, 0.3) is 0 Å². The Morgan fingerprint density at radius 3 is 2.76 bits per heavy atom. The topological polar surface area (TPSA) is 41.6 Å². The minimum absolute atomic E-state index is 0.106. The maximum atomic E-state index is 12.1. The molecule has 0 bridgehead atoms. The number of ether oxygens (including phenoxy) is 1. The van der Waals surface area contributed by atoms with E-state index >= 15 is 0 Å². The van der Waals surface area contributed by atoms with Crippen LogP contribution in [-0.4, -0.2) is 42.8 Å². The Labute approximate surface area is 104 Å². The molecule has 1 N–H and O–H groups in total. The van der Waals surface area contributed by atoms with Gasteiger partial charge in [0.1, 0.15) is 0 Å². The van der Waals surface area contributed by atoms with Crippen LogP contribution >= 0.6 is 0 Å². The van der Waals surface area contributed by atoms with Crippen molar-refractivity contribution in [3.8, 4) is 0 Å². The molecular weight excluding hydrogens is 216 g/mol. The average Bonchev–Trinajstić information content (AvgIpc) is 2.55. The van der Waals surface area contributed by atoms with Crippen molar-refractivity contribution in [2.45, 2.75) is 57.6 Å². The zero-order chi connectivity index (χ0) is 12.1. The molecule has 17 heavy (non-hydrogen) atoms. The lowest BCUT2D eigenvalue weighted by Crippen LogP contribution is -2.47. The highest BCUT2D eigenvalue weighted by Gasteiger charge is 2.22. The number of hydrogen-bond acceptors (Lipinski definition) is 2. The first-order chi connectivity index (χ1) is 8.25. The van der Waals surface area contributed by atoms with Crippen LogP contribution in [0.5, 0.6) is 0 Å². The first-order valence-corrected chi connectivity index (χ1v) is 6.93. The molecule has 0 spiro atoms. The lowest BCUT2D eigenvalue weighted by molar-refractivity contribution is 0.0707. The van der Waals surface area contributed by atoms with Crippen molar-refractivity contribution in [1.29, 1.82) is 0 Å². The molecule has 0 radical (unpaired) electrons. The summed E-state index contributed by atoms with van der Waals surface area (Å²) >= 11 is 0. The second-order valence-electron chi connectivity index (χ2n) is 5.27. The van der Waals surface area contributed by atoms with Crippen molar-refractivity contribution in [3.05, 3.63) is 0 Å². The predicted octanol–water partition coefficient (Wildman–Crippen LogP) is 2.14. The third-order valence-corrected chi connectivity index (χ3v) is 3.67. The van der Waals surface area contributed by atoms with Crippen molar-refractivity contribution >= 4 is 6.03 Å². The molecule has 0 aromatic carbocycles. The van der Waals surface area contributed by atoms with Crippen molar-refractivity contribution in [3.63, 3.8) is 0 Å². The summed E-state index contributed by atoms with van der Waals surface area (Å²) in [6, 6.07) is 0.505. The second kappa shape index (κ2) is 6.24. The van der Waals surface area contributed by atoms with E-state index in [0.29, 0.717) is 6.04 Å². The molecular formula is C13H24N2O2. The van der Waals surface area contributed by atoms with Gasteiger partial charge in [-0.15, -0.1) is 0 Å². The van der Waals surface area contributed by atoms with E-state index in [-0.39, 0.29) is 12.1 Å². The summed E-state index contributed by atoms with van der Waals surface area (Å²) in [5.41, 5.74) is 0. The van der Waals surface area contributed by atoms with Crippen LogP contribution in [0.4, 0.5) is 4.79 Å². The van der Waals surface area contributed by atoms with E-state index in [1.807, 2.05) is 11.8 Å². The number of carbonyl (C=O) groups excluding carboxylic acids is 1. The molecule has 1 saturated carbocycles. The molecule has 4 heteroatoms. The van der Waals surface area contributed by atoms with Crippen LogP contribution in [0.3, 0.4) is 0 Å². The van der Waals surface area contributed by atoms with E-state index in [9.17, 15) is 4.79 Å². The average molecular weight is 240 g/mol. The number of hydrogen-bond donors (Lipinski definition) is 1. The normalized spacial score (nSPS) is 27.6. The first kappa shape index (κ1) is 12.7. The maximum absolute atomic E-state index is 12.1. The van der Waals surface area contributed by atoms with Gasteiger partial charge in [0.2, 0.25) is 0 Å². The molecule has 1 heterocycles. The van der Waals surface area contributed by atoms with Crippen LogP contribution in [0, 0.1) is 0 Å². The summed E-state index contributed by atoms with van der Waals surface area (Å²) in [6.07, 6.45) is 7.23. The Hall–Kier alpha value is -0.770. The van der Waals surface area contributed by atoms with Crippen LogP contribution in [0.15, 0.2) is 0 Å². The lowest BCUT2D eigenvalue weighted by Gasteiger charge is -2.28. The van der Waals surface area contributed by atoms with Gasteiger partial charge in [-0.1, -0.05) is 19.3 Å². The van der Waals surface area contributed by atoms with Crippen molar-refractivity contribution in [2.24, 2.45) is 0 Å². The van der Waals surface area contributed by atoms with Gasteiger partial charge in [0, 0.05) is 25.7 Å². The van der Waals surface area contributed by atoms with E-state index in [0.717, 1.165) is 39.0 Å². The van der Waals surface area contributed by atoms with Crippen LogP contribution in [0.25, 0.3) is 0 Å². The van der Waals surface area contributed by atoms with Crippen molar-refractivity contribution in [1.82, 2.24) is 10.2 Å². The summed E-state index contributed by atoms with van der Waals surface area (Å²) in [5.74, 6) is 0. The molecule has 1 atom stereocenters. The second-order valence-corrected chi connectivity index (χ2v) is 5.27. The SMILES string of the molecule is CC1CN(C(=O)NC2CCCCC2)CCCO1. The Morgan fingerprint density at radius 1 is 1.24 bits per heavy atom. The van der Waals surface area contributed by atoms with Gasteiger partial charge < -0.3 is 15.0 Å². The van der Waals surface area contributed by atoms with Gasteiger partial charge in [0.05, 0.1) is 6.10 Å². The van der Waals surface area contributed by atoms with Crippen LogP contribution in [-0.2, 0) is 4.74 Å². The number of nitrogens with one attached hydrogen (secondary N) is 1. The minimum Gasteiger partial charge on any atom is -0.377 e. The number of urea groups is 1. The van der Waals surface area contributed by atoms with Crippen LogP contribution < -0.4 is 5.32 Å². The first-order valence-electron chi connectivity index (χ1n) is 6.93. The fourth-order valence-corrected chi connectivity index (χ4v) is 2.69. The molecule has 1 saturated heterocycles. The predicted molar refractivity (Wildman–Crippen MR) is 67.0 cm³/mol. The van der Waals surface area contributed by atoms with E-state index in [4.69, 9.17) is 4.74 Å². The minimum atomic E-state index is 0.106. The lowest BCUT2D eigenvalue weighted by atomic mass is 9.96. The van der Waals surface area contributed by atoms with Crippen molar-refractivity contribution < 1.29 is 9.53 Å². The number of carbonyl (C=O) groups is 1. The highest BCUT2D eigenvalue weighted by Crippen LogP contribution is 2.17. The van der Waals surface area contributed by atoms with Gasteiger partial charge in [-0.2, -0.15) is 0 Å². The van der Waals surface area contributed by atoms with Gasteiger partial charge in [-0.05, 0) is 26.2 Å². The van der Waals surface area contributed by atoms with E-state index in [1.54, 1.807) is 0 Å². The Morgan fingerprint density at radius 2 is 2.00 bits per heavy atom. The molecule has 2 fully saturated rings. The van der Waals surface area contributed by atoms with E-state index < -0.39 is 0 Å². The summed E-state index contributed by atoms with van der Waals surface area (Å²) in [5, 5.41) is 3.17. The van der Waals surface area contributed by atoms with Gasteiger partial charge in [-0.3, -0.25) is 0 Å². The quantitative estimate of drug-likeness (QED) is 0.763. The zero-order valence-electron chi connectivity index (χ0n) is 10.8. The maximum Gasteiger partial charge on any atom is 0.317 e. The summed E-state index contributed by atoms with van der Waals surface area (Å²) < 4.78 is 5.55. The third-order valence-electron chi connectivity index (χ3n) is 3.67. The molecule has 1 aliphatic heterocycles. The fourth-order valence-electron chi connectivity index (χ4n) is 2.69. The number of amides is 2. The molecule has 0 aromatic rings. The monoisotopic (exact) mass is 240 g/mol. The molecule has 0 aromatic heterocycles. The smallest absolute Gasteiger partial charge is 0.317 e.